The molecule has 2 heterocycles. The van der Waals surface area contributed by atoms with E-state index >= 15 is 0 Å². The Kier molecular flexibility index (Phi) is 2.11. The fraction of sp³-hybridized carbons (Fsp3) is 0.0714. The second-order valence-electron chi connectivity index (χ2n) is 4.22. The molecule has 0 saturated carbocycles. The lowest BCUT2D eigenvalue weighted by atomic mass is 10.1. The van der Waals surface area contributed by atoms with E-state index < -0.39 is 0 Å². The third kappa shape index (κ3) is 1.76. The number of aromatic nitrogens is 2. The first-order valence-electron chi connectivity index (χ1n) is 5.54. The lowest BCUT2D eigenvalue weighted by Crippen LogP contribution is -1.83. The Morgan fingerprint density at radius 2 is 1.76 bits per heavy atom. The predicted molar refractivity (Wildman–Crippen MR) is 69.8 cm³/mol. The van der Waals surface area contributed by atoms with Crippen molar-refractivity contribution < 1.29 is 0 Å². The summed E-state index contributed by atoms with van der Waals surface area (Å²) in [4.78, 5) is 4.58. The number of hydrogen-bond donors (Lipinski definition) is 1. The Morgan fingerprint density at radius 1 is 1.00 bits per heavy atom. The Bertz CT molecular complexity index is 666. The van der Waals surface area contributed by atoms with E-state index in [1.165, 1.54) is 5.56 Å². The van der Waals surface area contributed by atoms with Crippen LogP contribution in [0.25, 0.3) is 16.9 Å². The van der Waals surface area contributed by atoms with Crippen molar-refractivity contribution in [3.8, 4) is 11.3 Å². The minimum atomic E-state index is 0.772. The summed E-state index contributed by atoms with van der Waals surface area (Å²) in [6.07, 6.45) is 4.11. The van der Waals surface area contributed by atoms with Gasteiger partial charge in [0.1, 0.15) is 5.65 Å². The number of nitrogen functional groups attached to an aromatic ring is 1. The van der Waals surface area contributed by atoms with Gasteiger partial charge in [-0.1, -0.05) is 18.2 Å². The summed E-state index contributed by atoms with van der Waals surface area (Å²) in [7, 11) is 0. The molecule has 0 fully saturated rings. The number of benzene rings is 1. The zero-order valence-corrected chi connectivity index (χ0v) is 9.59. The van der Waals surface area contributed by atoms with Gasteiger partial charge >= 0.3 is 0 Å². The highest BCUT2D eigenvalue weighted by atomic mass is 15.0. The third-order valence-electron chi connectivity index (χ3n) is 2.81. The van der Waals surface area contributed by atoms with Gasteiger partial charge in [0.25, 0.3) is 0 Å². The lowest BCUT2D eigenvalue weighted by molar-refractivity contribution is 1.16. The number of imidazole rings is 1. The maximum Gasteiger partial charge on any atom is 0.137 e. The van der Waals surface area contributed by atoms with Gasteiger partial charge in [0.2, 0.25) is 0 Å². The fourth-order valence-corrected chi connectivity index (χ4v) is 1.90. The maximum absolute atomic E-state index is 5.67. The highest BCUT2D eigenvalue weighted by Crippen LogP contribution is 2.20. The summed E-state index contributed by atoms with van der Waals surface area (Å²) < 4.78 is 2.04. The number of nitrogens with zero attached hydrogens (tertiary/aromatic N) is 2. The highest BCUT2D eigenvalue weighted by Gasteiger charge is 2.03. The van der Waals surface area contributed by atoms with Crippen LogP contribution in [0.15, 0.2) is 48.8 Å². The molecule has 2 N–H and O–H groups in total. The van der Waals surface area contributed by atoms with Crippen LogP contribution < -0.4 is 5.73 Å². The SMILES string of the molecule is Cc1ccc2nc(-c3ccc(N)cc3)cn2c1. The summed E-state index contributed by atoms with van der Waals surface area (Å²) in [5, 5.41) is 0. The van der Waals surface area contributed by atoms with Crippen molar-refractivity contribution in [3.63, 3.8) is 0 Å². The second-order valence-corrected chi connectivity index (χ2v) is 4.22. The first-order chi connectivity index (χ1) is 8.22. The van der Waals surface area contributed by atoms with Gasteiger partial charge in [-0.05, 0) is 30.7 Å². The summed E-state index contributed by atoms with van der Waals surface area (Å²) in [6.45, 7) is 2.07. The fourth-order valence-electron chi connectivity index (χ4n) is 1.90. The Hall–Kier alpha value is -2.29. The average molecular weight is 223 g/mol. The number of nitrogens with two attached hydrogens (primary N) is 1. The smallest absolute Gasteiger partial charge is 0.137 e. The van der Waals surface area contributed by atoms with Crippen LogP contribution in [0.4, 0.5) is 5.69 Å². The van der Waals surface area contributed by atoms with Crippen molar-refractivity contribution in [2.45, 2.75) is 6.92 Å². The Balaban J connectivity index is 2.14. The molecule has 0 saturated heterocycles. The summed E-state index contributed by atoms with van der Waals surface area (Å²) in [6, 6.07) is 11.9. The van der Waals surface area contributed by atoms with Crippen LogP contribution in [-0.4, -0.2) is 9.38 Å². The minimum absolute atomic E-state index is 0.772. The first kappa shape index (κ1) is 9.90. The van der Waals surface area contributed by atoms with E-state index in [2.05, 4.69) is 24.2 Å². The average Bonchev–Trinajstić information content (AvgIpc) is 2.72. The molecule has 0 atom stereocenters. The van der Waals surface area contributed by atoms with Crippen LogP contribution in [-0.2, 0) is 0 Å². The van der Waals surface area contributed by atoms with Crippen molar-refractivity contribution in [3.05, 3.63) is 54.4 Å². The van der Waals surface area contributed by atoms with Gasteiger partial charge in [-0.2, -0.15) is 0 Å². The molecule has 0 radical (unpaired) electrons. The maximum atomic E-state index is 5.67. The van der Waals surface area contributed by atoms with Crippen molar-refractivity contribution in [2.75, 3.05) is 5.73 Å². The minimum Gasteiger partial charge on any atom is -0.399 e. The molecule has 17 heavy (non-hydrogen) atoms. The summed E-state index contributed by atoms with van der Waals surface area (Å²) in [5.74, 6) is 0. The summed E-state index contributed by atoms with van der Waals surface area (Å²) in [5.41, 5.74) is 10.7. The van der Waals surface area contributed by atoms with Gasteiger partial charge in [-0.15, -0.1) is 0 Å². The molecular formula is C14H13N3. The number of fused-ring (bicyclic) bond motifs is 1. The van der Waals surface area contributed by atoms with Gasteiger partial charge in [0.15, 0.2) is 0 Å². The molecule has 0 spiro atoms. The number of hydrogen-bond acceptors (Lipinski definition) is 2. The zero-order valence-electron chi connectivity index (χ0n) is 9.59. The third-order valence-corrected chi connectivity index (χ3v) is 2.81. The monoisotopic (exact) mass is 223 g/mol. The standard InChI is InChI=1S/C14H13N3/c1-10-2-7-14-16-13(9-17(14)8-10)11-3-5-12(15)6-4-11/h2-9H,15H2,1H3. The van der Waals surface area contributed by atoms with E-state index in [1.54, 1.807) is 0 Å². The normalized spacial score (nSPS) is 10.9. The Labute approximate surface area is 99.5 Å². The number of rotatable bonds is 1. The molecule has 1 aromatic carbocycles. The van der Waals surface area contributed by atoms with Crippen LogP contribution in [0, 0.1) is 6.92 Å². The van der Waals surface area contributed by atoms with Crippen molar-refractivity contribution in [1.29, 1.82) is 0 Å². The molecule has 3 heteroatoms. The number of aryl methyl sites for hydroxylation is 1. The molecule has 0 unspecified atom stereocenters. The lowest BCUT2D eigenvalue weighted by Gasteiger charge is -1.96. The molecule has 3 nitrogen and oxygen atoms in total. The number of pyridine rings is 1. The molecule has 0 amide bonds. The molecule has 0 aliphatic heterocycles. The second kappa shape index (κ2) is 3.63. The zero-order chi connectivity index (χ0) is 11.8. The van der Waals surface area contributed by atoms with Gasteiger partial charge < -0.3 is 10.1 Å². The van der Waals surface area contributed by atoms with E-state index in [4.69, 9.17) is 5.73 Å². The van der Waals surface area contributed by atoms with E-state index in [0.29, 0.717) is 0 Å². The predicted octanol–water partition coefficient (Wildman–Crippen LogP) is 2.89. The molecule has 3 rings (SSSR count). The van der Waals surface area contributed by atoms with Crippen LogP contribution in [0.3, 0.4) is 0 Å². The van der Waals surface area contributed by atoms with Crippen LogP contribution in [0.1, 0.15) is 5.56 Å². The van der Waals surface area contributed by atoms with Crippen molar-refractivity contribution in [2.24, 2.45) is 0 Å². The van der Waals surface area contributed by atoms with Crippen LogP contribution in [0.2, 0.25) is 0 Å². The van der Waals surface area contributed by atoms with E-state index in [1.807, 2.05) is 40.9 Å². The topological polar surface area (TPSA) is 43.3 Å². The largest absolute Gasteiger partial charge is 0.399 e. The first-order valence-corrected chi connectivity index (χ1v) is 5.54. The quantitative estimate of drug-likeness (QED) is 0.644. The molecule has 84 valence electrons. The van der Waals surface area contributed by atoms with Crippen molar-refractivity contribution in [1.82, 2.24) is 9.38 Å². The highest BCUT2D eigenvalue weighted by molar-refractivity contribution is 5.64. The van der Waals surface area contributed by atoms with Crippen LogP contribution in [0.5, 0.6) is 0 Å². The summed E-state index contributed by atoms with van der Waals surface area (Å²) >= 11 is 0. The molecule has 0 bridgehead atoms. The van der Waals surface area contributed by atoms with E-state index in [-0.39, 0.29) is 0 Å². The van der Waals surface area contributed by atoms with Gasteiger partial charge in [-0.3, -0.25) is 0 Å². The van der Waals surface area contributed by atoms with E-state index in [9.17, 15) is 0 Å². The van der Waals surface area contributed by atoms with Crippen molar-refractivity contribution >= 4 is 11.3 Å². The van der Waals surface area contributed by atoms with Gasteiger partial charge in [0.05, 0.1) is 5.69 Å². The van der Waals surface area contributed by atoms with Gasteiger partial charge in [0, 0.05) is 23.6 Å². The molecule has 0 aliphatic carbocycles. The Morgan fingerprint density at radius 3 is 2.53 bits per heavy atom. The molecule has 2 aromatic heterocycles. The molecule has 3 aromatic rings. The van der Waals surface area contributed by atoms with Gasteiger partial charge in [-0.25, -0.2) is 4.98 Å². The van der Waals surface area contributed by atoms with Crippen LogP contribution >= 0.6 is 0 Å². The number of anilines is 1. The van der Waals surface area contributed by atoms with E-state index in [0.717, 1.165) is 22.6 Å². The molecular weight excluding hydrogens is 210 g/mol. The molecule has 0 aliphatic rings.